The average molecular weight is 287 g/mol. The van der Waals surface area contributed by atoms with Gasteiger partial charge in [-0.05, 0) is 36.6 Å². The van der Waals surface area contributed by atoms with Gasteiger partial charge in [0, 0.05) is 25.0 Å². The normalized spacial score (nSPS) is 25.5. The summed E-state index contributed by atoms with van der Waals surface area (Å²) >= 11 is 0. The topological polar surface area (TPSA) is 62.9 Å². The summed E-state index contributed by atoms with van der Waals surface area (Å²) < 4.78 is 11.1. The number of hydrogen-bond acceptors (Lipinski definition) is 4. The number of aromatic carboxylic acids is 1. The van der Waals surface area contributed by atoms with Crippen LogP contribution in [-0.2, 0) is 11.3 Å². The number of likely N-dealkylation sites (tertiary alicyclic amines) is 1. The smallest absolute Gasteiger partial charge is 0.371 e. The van der Waals surface area contributed by atoms with E-state index in [1.807, 2.05) is 18.2 Å². The number of benzene rings is 1. The van der Waals surface area contributed by atoms with Crippen molar-refractivity contribution in [1.82, 2.24) is 4.90 Å². The van der Waals surface area contributed by atoms with Crippen LogP contribution in [0.3, 0.4) is 0 Å². The van der Waals surface area contributed by atoms with Crippen molar-refractivity contribution >= 4 is 16.9 Å². The van der Waals surface area contributed by atoms with Crippen LogP contribution in [0.4, 0.5) is 0 Å². The Morgan fingerprint density at radius 3 is 2.71 bits per heavy atom. The van der Waals surface area contributed by atoms with Gasteiger partial charge in [0.2, 0.25) is 5.76 Å². The van der Waals surface area contributed by atoms with Crippen LogP contribution in [0.1, 0.15) is 29.0 Å². The summed E-state index contributed by atoms with van der Waals surface area (Å²) in [7, 11) is 0. The number of carboxylic acids is 1. The van der Waals surface area contributed by atoms with E-state index in [4.69, 9.17) is 14.3 Å². The Hall–Kier alpha value is -1.85. The fraction of sp³-hybridized carbons (Fsp3) is 0.438. The van der Waals surface area contributed by atoms with Crippen LogP contribution in [0.15, 0.2) is 28.7 Å². The number of ether oxygens (including phenoxy) is 1. The molecular weight excluding hydrogens is 270 g/mol. The molecule has 0 saturated carbocycles. The van der Waals surface area contributed by atoms with Crippen LogP contribution in [0.2, 0.25) is 0 Å². The second-order valence-corrected chi connectivity index (χ2v) is 5.94. The van der Waals surface area contributed by atoms with Gasteiger partial charge >= 0.3 is 5.97 Å². The van der Waals surface area contributed by atoms with Gasteiger partial charge in [0.15, 0.2) is 0 Å². The lowest BCUT2D eigenvalue weighted by Gasteiger charge is -2.32. The zero-order chi connectivity index (χ0) is 14.4. The summed E-state index contributed by atoms with van der Waals surface area (Å²) in [6.45, 7) is 2.85. The molecule has 2 bridgehead atoms. The fourth-order valence-corrected chi connectivity index (χ4v) is 3.38. The summed E-state index contributed by atoms with van der Waals surface area (Å²) in [6.07, 6.45) is 3.12. The Kier molecular flexibility index (Phi) is 2.97. The monoisotopic (exact) mass is 287 g/mol. The molecule has 21 heavy (non-hydrogen) atoms. The molecule has 2 fully saturated rings. The Balaban J connectivity index is 1.55. The van der Waals surface area contributed by atoms with Crippen molar-refractivity contribution < 1.29 is 19.1 Å². The zero-order valence-electron chi connectivity index (χ0n) is 11.6. The number of hydrogen-bond donors (Lipinski definition) is 1. The first kappa shape index (κ1) is 12.9. The summed E-state index contributed by atoms with van der Waals surface area (Å²) in [5, 5.41) is 9.81. The molecule has 4 rings (SSSR count). The van der Waals surface area contributed by atoms with Gasteiger partial charge < -0.3 is 14.3 Å². The number of furan rings is 1. The largest absolute Gasteiger partial charge is 0.475 e. The number of carboxylic acid groups (broad SMARTS) is 1. The molecule has 110 valence electrons. The van der Waals surface area contributed by atoms with Crippen LogP contribution >= 0.6 is 0 Å². The molecule has 5 nitrogen and oxygen atoms in total. The lowest BCUT2D eigenvalue weighted by molar-refractivity contribution is -0.0410. The number of rotatable bonds is 3. The first-order chi connectivity index (χ1) is 10.2. The van der Waals surface area contributed by atoms with Crippen molar-refractivity contribution in [3.05, 3.63) is 35.6 Å². The molecule has 2 aromatic rings. The first-order valence-electron chi connectivity index (χ1n) is 7.31. The molecule has 2 saturated heterocycles. The minimum absolute atomic E-state index is 0.00781. The van der Waals surface area contributed by atoms with Crippen LogP contribution < -0.4 is 0 Å². The summed E-state index contributed by atoms with van der Waals surface area (Å²) in [4.78, 5) is 13.4. The van der Waals surface area contributed by atoms with Gasteiger partial charge in [0.25, 0.3) is 0 Å². The van der Waals surface area contributed by atoms with Crippen LogP contribution in [-0.4, -0.2) is 41.3 Å². The quantitative estimate of drug-likeness (QED) is 0.939. The Bertz CT molecular complexity index is 681. The number of morpholine rings is 1. The van der Waals surface area contributed by atoms with E-state index in [2.05, 4.69) is 4.90 Å². The standard InChI is InChI=1S/C16H17NO4/c18-16(19)15-6-11-5-10(1-4-14(11)21-15)7-17-8-12-2-3-13(9-17)20-12/h1,4-6,12-13H,2-3,7-9H2,(H,18,19). The van der Waals surface area contributed by atoms with Crippen molar-refractivity contribution in [3.8, 4) is 0 Å². The molecule has 0 aliphatic carbocycles. The van der Waals surface area contributed by atoms with Crippen LogP contribution in [0.5, 0.6) is 0 Å². The zero-order valence-corrected chi connectivity index (χ0v) is 11.6. The van der Waals surface area contributed by atoms with E-state index in [1.165, 1.54) is 18.4 Å². The minimum Gasteiger partial charge on any atom is -0.475 e. The third-order valence-electron chi connectivity index (χ3n) is 4.32. The third-order valence-corrected chi connectivity index (χ3v) is 4.32. The van der Waals surface area contributed by atoms with E-state index in [9.17, 15) is 4.79 Å². The third kappa shape index (κ3) is 2.43. The fourth-order valence-electron chi connectivity index (χ4n) is 3.38. The molecule has 0 amide bonds. The van der Waals surface area contributed by atoms with Crippen molar-refractivity contribution in [2.24, 2.45) is 0 Å². The van der Waals surface area contributed by atoms with Gasteiger partial charge in [0.05, 0.1) is 12.2 Å². The van der Waals surface area contributed by atoms with Crippen molar-refractivity contribution in [1.29, 1.82) is 0 Å². The minimum atomic E-state index is -1.03. The molecular formula is C16H17NO4. The van der Waals surface area contributed by atoms with Crippen molar-refractivity contribution in [3.63, 3.8) is 0 Å². The predicted molar refractivity (Wildman–Crippen MR) is 76.3 cm³/mol. The predicted octanol–water partition coefficient (Wildman–Crippen LogP) is 2.49. The molecule has 3 heterocycles. The molecule has 0 spiro atoms. The second-order valence-electron chi connectivity index (χ2n) is 5.94. The highest BCUT2D eigenvalue weighted by Crippen LogP contribution is 2.28. The highest BCUT2D eigenvalue weighted by Gasteiger charge is 2.33. The van der Waals surface area contributed by atoms with E-state index in [1.54, 1.807) is 6.07 Å². The number of nitrogens with zero attached hydrogens (tertiary/aromatic N) is 1. The highest BCUT2D eigenvalue weighted by molar-refractivity contribution is 5.91. The molecule has 2 atom stereocenters. The Labute approximate surface area is 122 Å². The molecule has 1 N–H and O–H groups in total. The summed E-state index contributed by atoms with van der Waals surface area (Å²) in [5.74, 6) is -1.04. The van der Waals surface area contributed by atoms with E-state index in [0.29, 0.717) is 17.8 Å². The maximum Gasteiger partial charge on any atom is 0.371 e. The van der Waals surface area contributed by atoms with E-state index in [0.717, 1.165) is 25.0 Å². The maximum atomic E-state index is 10.9. The molecule has 0 radical (unpaired) electrons. The molecule has 2 aliphatic heterocycles. The second kappa shape index (κ2) is 4.86. The Morgan fingerprint density at radius 2 is 2.00 bits per heavy atom. The van der Waals surface area contributed by atoms with Gasteiger partial charge in [-0.3, -0.25) is 4.90 Å². The SMILES string of the molecule is O=C(O)c1cc2cc(CN3CC4CCC(C3)O4)ccc2o1. The average Bonchev–Trinajstić information content (AvgIpc) is 3.02. The van der Waals surface area contributed by atoms with Crippen LogP contribution in [0, 0.1) is 0 Å². The summed E-state index contributed by atoms with van der Waals surface area (Å²) in [6, 6.07) is 7.47. The first-order valence-corrected chi connectivity index (χ1v) is 7.31. The van der Waals surface area contributed by atoms with Crippen molar-refractivity contribution in [2.45, 2.75) is 31.6 Å². The van der Waals surface area contributed by atoms with Crippen molar-refractivity contribution in [2.75, 3.05) is 13.1 Å². The van der Waals surface area contributed by atoms with Crippen LogP contribution in [0.25, 0.3) is 11.0 Å². The van der Waals surface area contributed by atoms with Gasteiger partial charge in [-0.2, -0.15) is 0 Å². The highest BCUT2D eigenvalue weighted by atomic mass is 16.5. The maximum absolute atomic E-state index is 10.9. The molecule has 2 aliphatic rings. The van der Waals surface area contributed by atoms with Gasteiger partial charge in [0.1, 0.15) is 5.58 Å². The lowest BCUT2D eigenvalue weighted by Crippen LogP contribution is -2.41. The van der Waals surface area contributed by atoms with Gasteiger partial charge in [-0.15, -0.1) is 0 Å². The molecule has 1 aromatic heterocycles. The number of fused-ring (bicyclic) bond motifs is 3. The van der Waals surface area contributed by atoms with Gasteiger partial charge in [-0.25, -0.2) is 4.79 Å². The Morgan fingerprint density at radius 1 is 1.24 bits per heavy atom. The van der Waals surface area contributed by atoms with Gasteiger partial charge in [-0.1, -0.05) is 6.07 Å². The summed E-state index contributed by atoms with van der Waals surface area (Å²) in [5.41, 5.74) is 1.81. The van der Waals surface area contributed by atoms with E-state index >= 15 is 0 Å². The molecule has 2 unspecified atom stereocenters. The van der Waals surface area contributed by atoms with E-state index in [-0.39, 0.29) is 5.76 Å². The van der Waals surface area contributed by atoms with E-state index < -0.39 is 5.97 Å². The molecule has 5 heteroatoms. The molecule has 1 aromatic carbocycles. The lowest BCUT2D eigenvalue weighted by atomic mass is 10.1. The number of carbonyl (C=O) groups is 1.